The fourth-order valence-corrected chi connectivity index (χ4v) is 3.97. The number of halogens is 1. The average molecular weight is 403 g/mol. The van der Waals surface area contributed by atoms with E-state index in [0.29, 0.717) is 18.8 Å². The van der Waals surface area contributed by atoms with Gasteiger partial charge in [0.15, 0.2) is 11.6 Å². The number of fused-ring (bicyclic) bond motifs is 1. The number of hydrogen-bond donors (Lipinski definition) is 2. The number of rotatable bonds is 5. The van der Waals surface area contributed by atoms with Crippen LogP contribution in [0.1, 0.15) is 36.2 Å². The molecule has 1 saturated carbocycles. The van der Waals surface area contributed by atoms with E-state index in [1.54, 1.807) is 9.47 Å². The molecule has 2 aromatic heterocycles. The summed E-state index contributed by atoms with van der Waals surface area (Å²) in [7, 11) is 1.44. The lowest BCUT2D eigenvalue weighted by molar-refractivity contribution is 0.0695. The number of hydrogen-bond acceptors (Lipinski definition) is 7. The molecule has 3 N–H and O–H groups in total. The lowest BCUT2D eigenvalue weighted by Gasteiger charge is -2.25. The van der Waals surface area contributed by atoms with Crippen LogP contribution in [0.5, 0.6) is 0 Å². The van der Waals surface area contributed by atoms with E-state index in [2.05, 4.69) is 10.1 Å². The van der Waals surface area contributed by atoms with E-state index >= 15 is 4.39 Å². The van der Waals surface area contributed by atoms with Crippen molar-refractivity contribution in [1.82, 2.24) is 9.55 Å². The van der Waals surface area contributed by atoms with Crippen molar-refractivity contribution in [3.63, 3.8) is 0 Å². The molecule has 2 fully saturated rings. The molecule has 154 valence electrons. The Morgan fingerprint density at radius 1 is 1.48 bits per heavy atom. The molecular weight excluding hydrogens is 381 g/mol. The quantitative estimate of drug-likeness (QED) is 0.723. The number of pyridine rings is 2. The predicted molar refractivity (Wildman–Crippen MR) is 105 cm³/mol. The molecular formula is C19H22FN5O4. The maximum Gasteiger partial charge on any atom is 0.341 e. The molecule has 1 aliphatic heterocycles. The molecule has 0 aromatic carbocycles. The third kappa shape index (κ3) is 3.13. The van der Waals surface area contributed by atoms with Gasteiger partial charge in [0.2, 0.25) is 5.43 Å². The molecule has 1 aliphatic carbocycles. The molecule has 0 bridgehead atoms. The van der Waals surface area contributed by atoms with Crippen molar-refractivity contribution in [1.29, 1.82) is 0 Å². The van der Waals surface area contributed by atoms with Crippen LogP contribution in [0.15, 0.2) is 22.2 Å². The first-order chi connectivity index (χ1) is 13.9. The van der Waals surface area contributed by atoms with Crippen LogP contribution in [-0.2, 0) is 4.84 Å². The number of nitrogens with two attached hydrogens (primary N) is 1. The van der Waals surface area contributed by atoms with Crippen molar-refractivity contribution in [2.45, 2.75) is 31.8 Å². The van der Waals surface area contributed by atoms with Crippen LogP contribution in [0.3, 0.4) is 0 Å². The molecule has 1 saturated heterocycles. The largest absolute Gasteiger partial charge is 0.477 e. The average Bonchev–Trinajstić information content (AvgIpc) is 3.47. The second kappa shape index (κ2) is 7.11. The summed E-state index contributed by atoms with van der Waals surface area (Å²) in [6.07, 6.45) is 3.02. The van der Waals surface area contributed by atoms with Crippen molar-refractivity contribution in [2.24, 2.45) is 16.8 Å². The van der Waals surface area contributed by atoms with Gasteiger partial charge in [0, 0.05) is 30.7 Å². The third-order valence-electron chi connectivity index (χ3n) is 5.68. The van der Waals surface area contributed by atoms with Crippen molar-refractivity contribution in [2.75, 3.05) is 25.1 Å². The Hall–Kier alpha value is -3.01. The van der Waals surface area contributed by atoms with Gasteiger partial charge in [-0.25, -0.2) is 14.2 Å². The van der Waals surface area contributed by atoms with Crippen LogP contribution in [0.2, 0.25) is 0 Å². The Morgan fingerprint density at radius 2 is 2.21 bits per heavy atom. The fourth-order valence-electron chi connectivity index (χ4n) is 3.97. The van der Waals surface area contributed by atoms with Crippen LogP contribution in [0, 0.1) is 11.7 Å². The minimum Gasteiger partial charge on any atom is -0.477 e. The van der Waals surface area contributed by atoms with E-state index in [1.165, 1.54) is 13.3 Å². The van der Waals surface area contributed by atoms with E-state index in [4.69, 9.17) is 10.6 Å². The van der Waals surface area contributed by atoms with E-state index in [1.807, 2.05) is 6.92 Å². The molecule has 2 atom stereocenters. The summed E-state index contributed by atoms with van der Waals surface area (Å²) in [6, 6.07) is 0.967. The molecule has 9 nitrogen and oxygen atoms in total. The van der Waals surface area contributed by atoms with Crippen LogP contribution in [0.25, 0.3) is 11.0 Å². The van der Waals surface area contributed by atoms with E-state index in [0.717, 1.165) is 18.9 Å². The molecule has 2 aromatic rings. The number of nitrogens with zero attached hydrogens (tertiary/aromatic N) is 4. The van der Waals surface area contributed by atoms with E-state index in [9.17, 15) is 14.7 Å². The van der Waals surface area contributed by atoms with Crippen molar-refractivity contribution >= 4 is 28.5 Å². The van der Waals surface area contributed by atoms with Gasteiger partial charge in [-0.2, -0.15) is 0 Å². The number of carbonyl (C=O) groups is 1. The van der Waals surface area contributed by atoms with Gasteiger partial charge < -0.3 is 25.1 Å². The summed E-state index contributed by atoms with van der Waals surface area (Å²) in [5.41, 5.74) is 5.73. The summed E-state index contributed by atoms with van der Waals surface area (Å²) in [4.78, 5) is 35.2. The van der Waals surface area contributed by atoms with Crippen LogP contribution in [-0.4, -0.2) is 52.6 Å². The van der Waals surface area contributed by atoms with Crippen LogP contribution >= 0.6 is 0 Å². The normalized spacial score (nSPS) is 23.2. The van der Waals surface area contributed by atoms with Gasteiger partial charge in [-0.15, -0.1) is 0 Å². The highest BCUT2D eigenvalue weighted by molar-refractivity contribution is 5.95. The first-order valence-corrected chi connectivity index (χ1v) is 9.42. The zero-order valence-corrected chi connectivity index (χ0v) is 16.1. The minimum absolute atomic E-state index is 0.0361. The van der Waals surface area contributed by atoms with E-state index in [-0.39, 0.29) is 40.4 Å². The smallest absolute Gasteiger partial charge is 0.341 e. The number of oxime groups is 1. The first-order valence-electron chi connectivity index (χ1n) is 9.42. The third-order valence-corrected chi connectivity index (χ3v) is 5.68. The monoisotopic (exact) mass is 403 g/mol. The maximum absolute atomic E-state index is 15.0. The SMILES string of the molecule is CON=C1CN(c2nc3c(cc2F)c(=O)c(C(=O)O)cn3C2CC2)C(C)C1CN. The second-order valence-corrected chi connectivity index (χ2v) is 7.46. The molecule has 2 aliphatic rings. The molecule has 29 heavy (non-hydrogen) atoms. The molecule has 0 spiro atoms. The Kier molecular flexibility index (Phi) is 4.73. The summed E-state index contributed by atoms with van der Waals surface area (Å²) in [6.45, 7) is 2.53. The van der Waals surface area contributed by atoms with Crippen LogP contribution < -0.4 is 16.1 Å². The highest BCUT2D eigenvalue weighted by Crippen LogP contribution is 2.37. The lowest BCUT2D eigenvalue weighted by Crippen LogP contribution is -2.34. The Bertz CT molecular complexity index is 1080. The Morgan fingerprint density at radius 3 is 2.79 bits per heavy atom. The van der Waals surface area contributed by atoms with Gasteiger partial charge in [-0.1, -0.05) is 5.16 Å². The molecule has 10 heteroatoms. The van der Waals surface area contributed by atoms with Gasteiger partial charge in [0.1, 0.15) is 18.3 Å². The zero-order chi connectivity index (χ0) is 20.9. The Labute approximate surface area is 165 Å². The van der Waals surface area contributed by atoms with Gasteiger partial charge in [-0.05, 0) is 25.8 Å². The molecule has 2 unspecified atom stereocenters. The second-order valence-electron chi connectivity index (χ2n) is 7.46. The lowest BCUT2D eigenvalue weighted by atomic mass is 10.0. The topological polar surface area (TPSA) is 123 Å². The van der Waals surface area contributed by atoms with Crippen molar-refractivity contribution in [3.05, 3.63) is 33.9 Å². The number of aromatic nitrogens is 2. The summed E-state index contributed by atoms with van der Waals surface area (Å²) in [5.74, 6) is -2.07. The van der Waals surface area contributed by atoms with Crippen LogP contribution in [0.4, 0.5) is 10.2 Å². The minimum atomic E-state index is -1.34. The standard InChI is InChI=1S/C19H22FN5O4/c1-9-12(6-21)15(23-29-2)8-24(9)18-14(20)5-11-16(26)13(19(27)28)7-25(10-3-4-10)17(11)22-18/h5,7,9-10,12H,3-4,6,8,21H2,1-2H3,(H,27,28). The molecule has 3 heterocycles. The predicted octanol–water partition coefficient (Wildman–Crippen LogP) is 1.35. The van der Waals surface area contributed by atoms with E-state index < -0.39 is 17.2 Å². The summed E-state index contributed by atoms with van der Waals surface area (Å²) < 4.78 is 16.7. The summed E-state index contributed by atoms with van der Waals surface area (Å²) >= 11 is 0. The number of anilines is 1. The van der Waals surface area contributed by atoms with Gasteiger partial charge in [0.05, 0.1) is 17.6 Å². The van der Waals surface area contributed by atoms with Gasteiger partial charge in [0.25, 0.3) is 0 Å². The fraction of sp³-hybridized carbons (Fsp3) is 0.474. The van der Waals surface area contributed by atoms with Crippen molar-refractivity contribution in [3.8, 4) is 0 Å². The zero-order valence-electron chi connectivity index (χ0n) is 16.1. The highest BCUT2D eigenvalue weighted by atomic mass is 19.1. The molecule has 0 radical (unpaired) electrons. The number of carboxylic acids is 1. The Balaban J connectivity index is 1.89. The highest BCUT2D eigenvalue weighted by Gasteiger charge is 2.38. The van der Waals surface area contributed by atoms with Gasteiger partial charge in [-0.3, -0.25) is 4.79 Å². The number of carboxylic acid groups (broad SMARTS) is 1. The number of aromatic carboxylic acids is 1. The maximum atomic E-state index is 15.0. The summed E-state index contributed by atoms with van der Waals surface area (Å²) in [5, 5.41) is 13.3. The molecule has 0 amide bonds. The first kappa shape index (κ1) is 19.3. The molecule has 4 rings (SSSR count). The van der Waals surface area contributed by atoms with Crippen molar-refractivity contribution < 1.29 is 19.1 Å². The van der Waals surface area contributed by atoms with Gasteiger partial charge >= 0.3 is 5.97 Å².